The minimum Gasteiger partial charge on any atom is -0.494 e. The summed E-state index contributed by atoms with van der Waals surface area (Å²) in [4.78, 5) is 23.7. The van der Waals surface area contributed by atoms with Gasteiger partial charge in [0.2, 0.25) is 0 Å². The third-order valence-corrected chi connectivity index (χ3v) is 3.61. The number of methoxy groups -OCH3 is 1. The fourth-order valence-electron chi connectivity index (χ4n) is 1.72. The number of ketones is 1. The van der Waals surface area contributed by atoms with E-state index in [-0.39, 0.29) is 11.3 Å². The van der Waals surface area contributed by atoms with Gasteiger partial charge >= 0.3 is 5.97 Å². The maximum Gasteiger partial charge on any atom is 0.338 e. The van der Waals surface area contributed by atoms with Crippen molar-refractivity contribution >= 4 is 34.3 Å². The van der Waals surface area contributed by atoms with Gasteiger partial charge in [0.1, 0.15) is 0 Å². The van der Waals surface area contributed by atoms with Crippen LogP contribution >= 0.6 is 22.6 Å². The van der Waals surface area contributed by atoms with Gasteiger partial charge in [0.15, 0.2) is 24.0 Å². The number of carbonyl (C=O) groups is 2. The van der Waals surface area contributed by atoms with Crippen LogP contribution in [0.4, 0.5) is 4.39 Å². The first-order valence-corrected chi connectivity index (χ1v) is 7.38. The van der Waals surface area contributed by atoms with E-state index in [4.69, 9.17) is 9.47 Å². The summed E-state index contributed by atoms with van der Waals surface area (Å²) >= 11 is 2.12. The summed E-state index contributed by atoms with van der Waals surface area (Å²) < 4.78 is 24.2. The molecule has 2 rings (SSSR count). The van der Waals surface area contributed by atoms with Gasteiger partial charge in [0, 0.05) is 9.13 Å². The highest BCUT2D eigenvalue weighted by Gasteiger charge is 2.13. The zero-order valence-corrected chi connectivity index (χ0v) is 13.8. The summed E-state index contributed by atoms with van der Waals surface area (Å²) in [5.41, 5.74) is 0.475. The molecule has 0 amide bonds. The van der Waals surface area contributed by atoms with Crippen molar-refractivity contribution in [3.8, 4) is 5.75 Å². The molecule has 0 bridgehead atoms. The van der Waals surface area contributed by atoms with Crippen LogP contribution in [-0.2, 0) is 4.74 Å². The van der Waals surface area contributed by atoms with Crippen LogP contribution in [0.5, 0.6) is 5.75 Å². The highest BCUT2D eigenvalue weighted by Crippen LogP contribution is 2.18. The first kappa shape index (κ1) is 16.4. The van der Waals surface area contributed by atoms with Crippen LogP contribution in [0, 0.1) is 9.39 Å². The molecule has 0 atom stereocenters. The normalized spacial score (nSPS) is 10.1. The molecule has 0 aliphatic carbocycles. The van der Waals surface area contributed by atoms with Gasteiger partial charge in [-0.15, -0.1) is 0 Å². The highest BCUT2D eigenvalue weighted by atomic mass is 127. The van der Waals surface area contributed by atoms with E-state index in [1.807, 2.05) is 0 Å². The Morgan fingerprint density at radius 2 is 1.73 bits per heavy atom. The Bertz CT molecular complexity index is 698. The van der Waals surface area contributed by atoms with E-state index in [9.17, 15) is 14.0 Å². The second-order valence-electron chi connectivity index (χ2n) is 4.36. The number of benzene rings is 2. The number of carbonyl (C=O) groups excluding carboxylic acids is 2. The monoisotopic (exact) mass is 414 g/mol. The van der Waals surface area contributed by atoms with Gasteiger partial charge in [0.05, 0.1) is 12.7 Å². The van der Waals surface area contributed by atoms with Gasteiger partial charge in [-0.2, -0.15) is 0 Å². The SMILES string of the molecule is COc1ccc(C(=O)COC(=O)c2ccc(I)cc2)cc1F. The standard InChI is InChI=1S/C16H12FIO4/c1-21-15-7-4-11(8-13(15)17)14(19)9-22-16(20)10-2-5-12(18)6-3-10/h2-8H,9H2,1H3. The van der Waals surface area contributed by atoms with Crippen LogP contribution in [0.15, 0.2) is 42.5 Å². The molecule has 0 N–H and O–H groups in total. The largest absolute Gasteiger partial charge is 0.494 e. The number of esters is 1. The Morgan fingerprint density at radius 3 is 2.32 bits per heavy atom. The summed E-state index contributed by atoms with van der Waals surface area (Å²) in [7, 11) is 1.34. The average Bonchev–Trinajstić information content (AvgIpc) is 2.52. The maximum absolute atomic E-state index is 13.5. The molecule has 2 aromatic carbocycles. The minimum absolute atomic E-state index is 0.0485. The Labute approximate surface area is 140 Å². The van der Waals surface area contributed by atoms with E-state index < -0.39 is 24.2 Å². The van der Waals surface area contributed by atoms with Crippen molar-refractivity contribution in [3.63, 3.8) is 0 Å². The third-order valence-electron chi connectivity index (χ3n) is 2.89. The van der Waals surface area contributed by atoms with Crippen molar-refractivity contribution in [1.29, 1.82) is 0 Å². The molecule has 0 radical (unpaired) electrons. The molecule has 0 aliphatic rings. The van der Waals surface area contributed by atoms with Crippen molar-refractivity contribution in [2.24, 2.45) is 0 Å². The lowest BCUT2D eigenvalue weighted by molar-refractivity contribution is 0.0474. The van der Waals surface area contributed by atoms with Crippen molar-refractivity contribution in [2.45, 2.75) is 0 Å². The second-order valence-corrected chi connectivity index (χ2v) is 5.60. The van der Waals surface area contributed by atoms with Crippen molar-refractivity contribution in [3.05, 3.63) is 63.0 Å². The fraction of sp³-hybridized carbons (Fsp3) is 0.125. The molecular weight excluding hydrogens is 402 g/mol. The fourth-order valence-corrected chi connectivity index (χ4v) is 2.08. The number of halogens is 2. The molecule has 6 heteroatoms. The predicted molar refractivity (Wildman–Crippen MR) is 86.7 cm³/mol. The molecule has 0 fully saturated rings. The molecule has 0 unspecified atom stereocenters. The Hall–Kier alpha value is -1.96. The smallest absolute Gasteiger partial charge is 0.338 e. The Kier molecular flexibility index (Phi) is 5.48. The predicted octanol–water partition coefficient (Wildman–Crippen LogP) is 3.48. The van der Waals surface area contributed by atoms with Crippen molar-refractivity contribution in [2.75, 3.05) is 13.7 Å². The zero-order valence-electron chi connectivity index (χ0n) is 11.6. The average molecular weight is 414 g/mol. The van der Waals surface area contributed by atoms with Crippen molar-refractivity contribution < 1.29 is 23.5 Å². The molecule has 4 nitrogen and oxygen atoms in total. The molecule has 114 valence electrons. The van der Waals surface area contributed by atoms with Gasteiger partial charge in [-0.1, -0.05) is 0 Å². The number of Topliss-reactive ketones (excluding diaryl/α,β-unsaturated/α-hetero) is 1. The van der Waals surface area contributed by atoms with Gasteiger partial charge in [-0.3, -0.25) is 4.79 Å². The second kappa shape index (κ2) is 7.35. The number of hydrogen-bond donors (Lipinski definition) is 0. The van der Waals surface area contributed by atoms with E-state index in [2.05, 4.69) is 22.6 Å². The zero-order chi connectivity index (χ0) is 16.1. The molecule has 0 saturated carbocycles. The molecule has 0 aromatic heterocycles. The van der Waals surface area contributed by atoms with E-state index in [0.29, 0.717) is 5.56 Å². The van der Waals surface area contributed by atoms with Crippen LogP contribution in [-0.4, -0.2) is 25.5 Å². The number of hydrogen-bond acceptors (Lipinski definition) is 4. The van der Waals surface area contributed by atoms with Gasteiger partial charge < -0.3 is 9.47 Å². The molecule has 0 spiro atoms. The molecule has 0 aliphatic heterocycles. The van der Waals surface area contributed by atoms with Crippen LogP contribution in [0.25, 0.3) is 0 Å². The molecule has 0 heterocycles. The molecule has 22 heavy (non-hydrogen) atoms. The quantitative estimate of drug-likeness (QED) is 0.427. The van der Waals surface area contributed by atoms with E-state index >= 15 is 0 Å². The van der Waals surface area contributed by atoms with Gasteiger partial charge in [-0.25, -0.2) is 9.18 Å². The van der Waals surface area contributed by atoms with Gasteiger partial charge in [-0.05, 0) is 65.1 Å². The first-order chi connectivity index (χ1) is 10.5. The van der Waals surface area contributed by atoms with E-state index in [1.165, 1.54) is 19.2 Å². The third kappa shape index (κ3) is 4.03. The lowest BCUT2D eigenvalue weighted by Crippen LogP contribution is -2.14. The van der Waals surface area contributed by atoms with Crippen LogP contribution in [0.3, 0.4) is 0 Å². The lowest BCUT2D eigenvalue weighted by atomic mass is 10.1. The Morgan fingerprint density at radius 1 is 1.09 bits per heavy atom. The first-order valence-electron chi connectivity index (χ1n) is 6.30. The van der Waals surface area contributed by atoms with Crippen LogP contribution in [0.1, 0.15) is 20.7 Å². The molecular formula is C16H12FIO4. The number of rotatable bonds is 5. The van der Waals surface area contributed by atoms with E-state index in [1.54, 1.807) is 24.3 Å². The van der Waals surface area contributed by atoms with Gasteiger partial charge in [0.25, 0.3) is 0 Å². The Balaban J connectivity index is 1.99. The summed E-state index contributed by atoms with van der Waals surface area (Å²) in [6.45, 7) is -0.448. The van der Waals surface area contributed by atoms with E-state index in [0.717, 1.165) is 9.64 Å². The minimum atomic E-state index is -0.641. The molecule has 0 saturated heterocycles. The maximum atomic E-state index is 13.5. The highest BCUT2D eigenvalue weighted by molar-refractivity contribution is 14.1. The topological polar surface area (TPSA) is 52.6 Å². The van der Waals surface area contributed by atoms with Crippen LogP contribution < -0.4 is 4.74 Å². The summed E-state index contributed by atoms with van der Waals surface area (Å²) in [6, 6.07) is 10.6. The van der Waals surface area contributed by atoms with Crippen LogP contribution in [0.2, 0.25) is 0 Å². The molecule has 2 aromatic rings. The number of ether oxygens (including phenoxy) is 2. The summed E-state index contributed by atoms with van der Waals surface area (Å²) in [6.07, 6.45) is 0. The summed E-state index contributed by atoms with van der Waals surface area (Å²) in [5.74, 6) is -1.68. The summed E-state index contributed by atoms with van der Waals surface area (Å²) in [5, 5.41) is 0. The lowest BCUT2D eigenvalue weighted by Gasteiger charge is -2.06. The van der Waals surface area contributed by atoms with Crippen molar-refractivity contribution in [1.82, 2.24) is 0 Å².